The van der Waals surface area contributed by atoms with Crippen molar-refractivity contribution in [3.63, 3.8) is 0 Å². The second kappa shape index (κ2) is 8.97. The van der Waals surface area contributed by atoms with Gasteiger partial charge in [0.2, 0.25) is 0 Å². The largest absolute Gasteiger partial charge is 0.608 e. The van der Waals surface area contributed by atoms with E-state index in [9.17, 15) is 9.11 Å². The number of hydrogen-bond acceptors (Lipinski definition) is 4. The molecule has 0 amide bonds. The molecule has 0 bridgehead atoms. The Kier molecular flexibility index (Phi) is 6.83. The number of halogens is 1. The van der Waals surface area contributed by atoms with Gasteiger partial charge in [0.05, 0.1) is 16.8 Å². The monoisotopic (exact) mass is 480 g/mol. The van der Waals surface area contributed by atoms with Crippen LogP contribution < -0.4 is 4.74 Å². The van der Waals surface area contributed by atoms with Gasteiger partial charge in [0.15, 0.2) is 0 Å². The van der Waals surface area contributed by atoms with Crippen molar-refractivity contribution in [3.8, 4) is 5.75 Å². The van der Waals surface area contributed by atoms with Crippen LogP contribution in [0.4, 0.5) is 0 Å². The lowest BCUT2D eigenvalue weighted by atomic mass is 10.0. The normalized spacial score (nSPS) is 13.4. The summed E-state index contributed by atoms with van der Waals surface area (Å²) < 4.78 is 36.7. The number of aryl methyl sites for hydroxylation is 2. The maximum Gasteiger partial charge on any atom is 0.324 e. The summed E-state index contributed by atoms with van der Waals surface area (Å²) in [6, 6.07) is 9.83. The lowest BCUT2D eigenvalue weighted by molar-refractivity contribution is 0.305. The fraction of sp³-hybridized carbons (Fsp3) is 0.238. The molecule has 2 aromatic carbocycles. The third-order valence-electron chi connectivity index (χ3n) is 4.43. The Morgan fingerprint density at radius 2 is 1.79 bits per heavy atom. The van der Waals surface area contributed by atoms with Gasteiger partial charge in [0.25, 0.3) is 0 Å². The van der Waals surface area contributed by atoms with E-state index in [2.05, 4.69) is 15.9 Å². The Bertz CT molecular complexity index is 1010. The number of furan rings is 1. The average Bonchev–Trinajstić information content (AvgIpc) is 3.09. The standard InChI is InChI=1S/C21H21BrO4S2/c1-13-7-17(11-20(27(3)23)28(4)24)19(8-14(13)2)26-12-15-9-16-5-6-25-21(16)18(22)10-15/h5-11H,12H2,1-4H3. The summed E-state index contributed by atoms with van der Waals surface area (Å²) in [6.45, 7) is 4.38. The van der Waals surface area contributed by atoms with Crippen LogP contribution in [0.2, 0.25) is 0 Å². The molecule has 28 heavy (non-hydrogen) atoms. The van der Waals surface area contributed by atoms with Crippen LogP contribution in [0, 0.1) is 13.8 Å². The summed E-state index contributed by atoms with van der Waals surface area (Å²) in [5.41, 5.74) is 4.75. The van der Waals surface area contributed by atoms with Crippen molar-refractivity contribution >= 4 is 55.3 Å². The molecule has 0 N–H and O–H groups in total. The molecular formula is C21H21BrO4S2. The molecule has 2 unspecified atom stereocenters. The van der Waals surface area contributed by atoms with Gasteiger partial charge in [0, 0.05) is 33.3 Å². The molecule has 7 heteroatoms. The zero-order valence-electron chi connectivity index (χ0n) is 16.1. The zero-order valence-corrected chi connectivity index (χ0v) is 19.3. The Balaban J connectivity index is 1.94. The molecule has 4 nitrogen and oxygen atoms in total. The summed E-state index contributed by atoms with van der Waals surface area (Å²) in [7, 11) is 0. The van der Waals surface area contributed by atoms with Crippen LogP contribution in [0.15, 0.2) is 49.7 Å². The third-order valence-corrected chi connectivity index (χ3v) is 7.79. The van der Waals surface area contributed by atoms with Crippen LogP contribution in [0.1, 0.15) is 22.3 Å². The maximum absolute atomic E-state index is 12.0. The fourth-order valence-electron chi connectivity index (χ4n) is 2.85. The Morgan fingerprint density at radius 3 is 2.46 bits per heavy atom. The number of benzene rings is 2. The molecule has 0 aliphatic carbocycles. The molecule has 1 aromatic heterocycles. The Hall–Kier alpha value is -1.38. The van der Waals surface area contributed by atoms with Crippen LogP contribution in [-0.2, 0) is 29.0 Å². The Labute approximate surface area is 179 Å². The van der Waals surface area contributed by atoms with Crippen molar-refractivity contribution in [2.75, 3.05) is 12.5 Å². The zero-order chi connectivity index (χ0) is 20.4. The molecule has 3 rings (SSSR count). The van der Waals surface area contributed by atoms with Gasteiger partial charge in [-0.25, -0.2) is 0 Å². The lowest BCUT2D eigenvalue weighted by Crippen LogP contribution is -2.11. The minimum absolute atomic E-state index is 0.364. The number of rotatable bonds is 6. The van der Waals surface area contributed by atoms with Crippen molar-refractivity contribution in [2.45, 2.75) is 20.5 Å². The van der Waals surface area contributed by atoms with Crippen molar-refractivity contribution in [1.29, 1.82) is 0 Å². The topological polar surface area (TPSA) is 68.5 Å². The number of ether oxygens (including phenoxy) is 1. The average molecular weight is 481 g/mol. The highest BCUT2D eigenvalue weighted by Gasteiger charge is 2.21. The van der Waals surface area contributed by atoms with Gasteiger partial charge in [-0.05, 0) is 76.8 Å². The van der Waals surface area contributed by atoms with Crippen LogP contribution in [0.25, 0.3) is 17.0 Å². The van der Waals surface area contributed by atoms with E-state index in [0.717, 1.165) is 37.7 Å². The van der Waals surface area contributed by atoms with Crippen molar-refractivity contribution in [1.82, 2.24) is 0 Å². The van der Waals surface area contributed by atoms with E-state index in [4.69, 9.17) is 9.15 Å². The predicted octanol–water partition coefficient (Wildman–Crippen LogP) is 5.45. The van der Waals surface area contributed by atoms with Gasteiger partial charge in [-0.2, -0.15) is 0 Å². The molecule has 0 radical (unpaired) electrons. The first-order valence-corrected chi connectivity index (χ1v) is 12.5. The van der Waals surface area contributed by atoms with Gasteiger partial charge in [-0.1, -0.05) is 0 Å². The summed E-state index contributed by atoms with van der Waals surface area (Å²) >= 11 is 0.888. The first kappa shape index (κ1) is 21.3. The van der Waals surface area contributed by atoms with Gasteiger partial charge >= 0.3 is 4.24 Å². The predicted molar refractivity (Wildman–Crippen MR) is 120 cm³/mol. The van der Waals surface area contributed by atoms with Gasteiger partial charge in [-0.3, -0.25) is 0 Å². The molecular weight excluding hydrogens is 460 g/mol. The summed E-state index contributed by atoms with van der Waals surface area (Å²) in [6.07, 6.45) is 6.44. The summed E-state index contributed by atoms with van der Waals surface area (Å²) in [5, 5.41) is 0.998. The first-order chi connectivity index (χ1) is 13.3. The molecule has 148 valence electrons. The second-order valence-corrected chi connectivity index (χ2v) is 10.4. The van der Waals surface area contributed by atoms with Crippen LogP contribution >= 0.6 is 15.9 Å². The SMILES string of the molecule is Cc1cc(C=C([S+](C)[O-])[S+](C)[O-])c(OCc2cc(Br)c3occc3c2)cc1C. The molecule has 0 saturated carbocycles. The van der Waals surface area contributed by atoms with E-state index >= 15 is 0 Å². The van der Waals surface area contributed by atoms with E-state index in [-0.39, 0.29) is 0 Å². The number of hydrogen-bond donors (Lipinski definition) is 0. The fourth-order valence-corrected chi connectivity index (χ4v) is 5.37. The lowest BCUT2D eigenvalue weighted by Gasteiger charge is -2.14. The first-order valence-electron chi connectivity index (χ1n) is 8.54. The highest BCUT2D eigenvalue weighted by Crippen LogP contribution is 2.30. The van der Waals surface area contributed by atoms with Crippen molar-refractivity contribution < 1.29 is 18.3 Å². The quantitative estimate of drug-likeness (QED) is 0.440. The third kappa shape index (κ3) is 4.78. The van der Waals surface area contributed by atoms with Gasteiger partial charge in [-0.15, -0.1) is 0 Å². The molecule has 1 heterocycles. The Morgan fingerprint density at radius 1 is 1.11 bits per heavy atom. The minimum atomic E-state index is -1.32. The molecule has 0 spiro atoms. The van der Waals surface area contributed by atoms with Crippen LogP contribution in [0.3, 0.4) is 0 Å². The van der Waals surface area contributed by atoms with E-state index in [1.165, 1.54) is 12.5 Å². The smallest absolute Gasteiger partial charge is 0.324 e. The molecule has 3 aromatic rings. The molecule has 2 atom stereocenters. The van der Waals surface area contributed by atoms with Crippen molar-refractivity contribution in [2.24, 2.45) is 0 Å². The minimum Gasteiger partial charge on any atom is -0.608 e. The summed E-state index contributed by atoms with van der Waals surface area (Å²) in [5.74, 6) is 0.667. The number of fused-ring (bicyclic) bond motifs is 1. The molecule has 0 aliphatic heterocycles. The molecule has 0 saturated heterocycles. The highest BCUT2D eigenvalue weighted by atomic mass is 79.9. The second-order valence-electron chi connectivity index (χ2n) is 6.55. The highest BCUT2D eigenvalue weighted by molar-refractivity contribution is 9.10. The van der Waals surface area contributed by atoms with Crippen LogP contribution in [-0.4, -0.2) is 21.6 Å². The maximum atomic E-state index is 12.0. The molecule has 0 aliphatic rings. The van der Waals surface area contributed by atoms with E-state index < -0.39 is 22.4 Å². The summed E-state index contributed by atoms with van der Waals surface area (Å²) in [4.78, 5) is 0. The van der Waals surface area contributed by atoms with Crippen LogP contribution in [0.5, 0.6) is 5.75 Å². The molecule has 0 fully saturated rings. The van der Waals surface area contributed by atoms with Gasteiger partial charge < -0.3 is 18.3 Å². The van der Waals surface area contributed by atoms with Crippen molar-refractivity contribution in [3.05, 3.63) is 67.6 Å². The van der Waals surface area contributed by atoms with Gasteiger partial charge in [0.1, 0.15) is 30.5 Å². The van der Waals surface area contributed by atoms with E-state index in [1.54, 1.807) is 12.3 Å². The van der Waals surface area contributed by atoms with E-state index in [0.29, 0.717) is 16.6 Å². The van der Waals surface area contributed by atoms with E-state index in [1.807, 2.05) is 44.2 Å².